The molecule has 6 heteroatoms. The van der Waals surface area contributed by atoms with Gasteiger partial charge in [0.15, 0.2) is 5.75 Å². The summed E-state index contributed by atoms with van der Waals surface area (Å²) in [6, 6.07) is 20.3. The summed E-state index contributed by atoms with van der Waals surface area (Å²) < 4.78 is 11.5. The number of carbonyl (C=O) groups is 1. The Morgan fingerprint density at radius 1 is 1.07 bits per heavy atom. The lowest BCUT2D eigenvalue weighted by Crippen LogP contribution is -2.19. The van der Waals surface area contributed by atoms with Crippen molar-refractivity contribution < 1.29 is 14.3 Å². The predicted octanol–water partition coefficient (Wildman–Crippen LogP) is 4.72. The summed E-state index contributed by atoms with van der Waals surface area (Å²) in [5.41, 5.74) is 1.79. The van der Waals surface area contributed by atoms with Gasteiger partial charge in [-0.3, -0.25) is 4.79 Å². The van der Waals surface area contributed by atoms with E-state index in [1.165, 1.54) is 0 Å². The van der Waals surface area contributed by atoms with Crippen molar-refractivity contribution in [3.63, 3.8) is 0 Å². The van der Waals surface area contributed by atoms with Crippen molar-refractivity contribution in [2.75, 3.05) is 23.8 Å². The third-order valence-corrected chi connectivity index (χ3v) is 4.66. The maximum Gasteiger partial charge on any atom is 0.274 e. The van der Waals surface area contributed by atoms with Crippen LogP contribution >= 0.6 is 0 Å². The summed E-state index contributed by atoms with van der Waals surface area (Å²) in [7, 11) is 0. The van der Waals surface area contributed by atoms with Crippen molar-refractivity contribution >= 4 is 17.3 Å². The number of carbonyl (C=O) groups excluding carboxylic acids is 1. The number of benzene rings is 2. The highest BCUT2D eigenvalue weighted by Crippen LogP contribution is 2.29. The molecule has 1 aromatic heterocycles. The number of pyridine rings is 1. The number of nitrogens with one attached hydrogen (secondary N) is 2. The van der Waals surface area contributed by atoms with E-state index in [1.54, 1.807) is 18.3 Å². The number of hydrogen-bond acceptors (Lipinski definition) is 5. The van der Waals surface area contributed by atoms with E-state index < -0.39 is 0 Å². The number of hydrogen-bond donors (Lipinski definition) is 2. The smallest absolute Gasteiger partial charge is 0.274 e. The summed E-state index contributed by atoms with van der Waals surface area (Å²) >= 11 is 0. The van der Waals surface area contributed by atoms with Crippen LogP contribution in [0.1, 0.15) is 23.3 Å². The van der Waals surface area contributed by atoms with Crippen LogP contribution in [0, 0.1) is 0 Å². The van der Waals surface area contributed by atoms with Crippen molar-refractivity contribution in [3.8, 4) is 11.5 Å². The molecular weight excluding hydrogens is 366 g/mol. The van der Waals surface area contributed by atoms with E-state index in [0.29, 0.717) is 22.9 Å². The van der Waals surface area contributed by atoms with E-state index in [-0.39, 0.29) is 12.0 Å². The third kappa shape index (κ3) is 5.12. The van der Waals surface area contributed by atoms with Gasteiger partial charge >= 0.3 is 0 Å². The highest BCUT2D eigenvalue weighted by atomic mass is 16.5. The number of para-hydroxylation sites is 3. The number of rotatable bonds is 7. The average Bonchev–Trinajstić information content (AvgIpc) is 3.28. The van der Waals surface area contributed by atoms with Crippen molar-refractivity contribution in [3.05, 3.63) is 78.6 Å². The Labute approximate surface area is 169 Å². The standard InChI is InChI=1S/C23H23N3O3/c27-23(21-13-12-17(15-25-21)24-16-19-9-6-14-28-19)26-20-10-4-5-11-22(20)29-18-7-2-1-3-8-18/h1-5,7-8,10-13,15,19,24H,6,9,14,16H2,(H,26,27). The Morgan fingerprint density at radius 2 is 1.90 bits per heavy atom. The van der Waals surface area contributed by atoms with Crippen molar-refractivity contribution in [2.24, 2.45) is 0 Å². The summed E-state index contributed by atoms with van der Waals surface area (Å²) in [6.45, 7) is 1.58. The van der Waals surface area contributed by atoms with Gasteiger partial charge in [0.25, 0.3) is 5.91 Å². The maximum atomic E-state index is 12.6. The molecule has 1 fully saturated rings. The van der Waals surface area contributed by atoms with Crippen LogP contribution < -0.4 is 15.4 Å². The first-order chi connectivity index (χ1) is 14.3. The Morgan fingerprint density at radius 3 is 2.66 bits per heavy atom. The van der Waals surface area contributed by atoms with Crippen LogP contribution in [0.4, 0.5) is 11.4 Å². The molecule has 0 spiro atoms. The largest absolute Gasteiger partial charge is 0.455 e. The summed E-state index contributed by atoms with van der Waals surface area (Å²) in [6.07, 6.45) is 4.10. The third-order valence-electron chi connectivity index (χ3n) is 4.66. The Balaban J connectivity index is 1.39. The molecule has 0 bridgehead atoms. The van der Waals surface area contributed by atoms with Gasteiger partial charge in [0, 0.05) is 13.2 Å². The van der Waals surface area contributed by atoms with Gasteiger partial charge in [0.1, 0.15) is 11.4 Å². The molecule has 1 saturated heterocycles. The molecule has 1 aliphatic heterocycles. The second-order valence-electron chi connectivity index (χ2n) is 6.81. The molecule has 3 aromatic rings. The van der Waals surface area contributed by atoms with Crippen LogP contribution in [0.15, 0.2) is 72.9 Å². The Bertz CT molecular complexity index is 939. The molecule has 1 amide bonds. The predicted molar refractivity (Wildman–Crippen MR) is 113 cm³/mol. The van der Waals surface area contributed by atoms with Gasteiger partial charge in [-0.25, -0.2) is 4.98 Å². The first kappa shape index (κ1) is 19.0. The molecular formula is C23H23N3O3. The molecule has 4 rings (SSSR count). The van der Waals surface area contributed by atoms with E-state index in [9.17, 15) is 4.79 Å². The Kier molecular flexibility index (Phi) is 6.02. The normalized spacial score (nSPS) is 15.7. The lowest BCUT2D eigenvalue weighted by Gasteiger charge is -2.13. The van der Waals surface area contributed by atoms with E-state index >= 15 is 0 Å². The summed E-state index contributed by atoms with van der Waals surface area (Å²) in [4.78, 5) is 16.9. The number of ether oxygens (including phenoxy) is 2. The van der Waals surface area contributed by atoms with Crippen molar-refractivity contribution in [1.82, 2.24) is 4.98 Å². The minimum absolute atomic E-state index is 0.249. The fourth-order valence-corrected chi connectivity index (χ4v) is 3.13. The minimum Gasteiger partial charge on any atom is -0.455 e. The molecule has 1 atom stereocenters. The highest BCUT2D eigenvalue weighted by molar-refractivity contribution is 6.03. The molecule has 148 valence electrons. The molecule has 0 aliphatic carbocycles. The van der Waals surface area contributed by atoms with Crippen LogP contribution in [0.2, 0.25) is 0 Å². The molecule has 29 heavy (non-hydrogen) atoms. The molecule has 1 aliphatic rings. The van der Waals surface area contributed by atoms with Crippen LogP contribution in [0.3, 0.4) is 0 Å². The zero-order chi connectivity index (χ0) is 19.9. The zero-order valence-electron chi connectivity index (χ0n) is 16.0. The van der Waals surface area contributed by atoms with Crippen molar-refractivity contribution in [2.45, 2.75) is 18.9 Å². The Hall–Kier alpha value is -3.38. The monoisotopic (exact) mass is 389 g/mol. The van der Waals surface area contributed by atoms with Crippen LogP contribution in [0.25, 0.3) is 0 Å². The molecule has 2 aromatic carbocycles. The van der Waals surface area contributed by atoms with Gasteiger partial charge in [-0.15, -0.1) is 0 Å². The van der Waals surface area contributed by atoms with E-state index in [2.05, 4.69) is 15.6 Å². The van der Waals surface area contributed by atoms with Gasteiger partial charge < -0.3 is 20.1 Å². The molecule has 1 unspecified atom stereocenters. The number of aromatic nitrogens is 1. The first-order valence-corrected chi connectivity index (χ1v) is 9.73. The fourth-order valence-electron chi connectivity index (χ4n) is 3.13. The SMILES string of the molecule is O=C(Nc1ccccc1Oc1ccccc1)c1ccc(NCC2CCCO2)cn1. The van der Waals surface area contributed by atoms with Crippen LogP contribution in [-0.4, -0.2) is 30.1 Å². The molecule has 0 radical (unpaired) electrons. The molecule has 6 nitrogen and oxygen atoms in total. The van der Waals surface area contributed by atoms with E-state index in [4.69, 9.17) is 9.47 Å². The number of anilines is 2. The second-order valence-corrected chi connectivity index (χ2v) is 6.81. The molecule has 2 heterocycles. The van der Waals surface area contributed by atoms with Crippen molar-refractivity contribution in [1.29, 1.82) is 0 Å². The maximum absolute atomic E-state index is 12.6. The van der Waals surface area contributed by atoms with Crippen LogP contribution in [-0.2, 0) is 4.74 Å². The lowest BCUT2D eigenvalue weighted by molar-refractivity contribution is 0.102. The van der Waals surface area contributed by atoms with Gasteiger partial charge in [-0.05, 0) is 49.2 Å². The van der Waals surface area contributed by atoms with Gasteiger partial charge in [-0.1, -0.05) is 30.3 Å². The number of amides is 1. The first-order valence-electron chi connectivity index (χ1n) is 9.73. The van der Waals surface area contributed by atoms with Gasteiger partial charge in [0.05, 0.1) is 23.7 Å². The van der Waals surface area contributed by atoms with E-state index in [1.807, 2.05) is 54.6 Å². The quantitative estimate of drug-likeness (QED) is 0.612. The highest BCUT2D eigenvalue weighted by Gasteiger charge is 2.15. The second kappa shape index (κ2) is 9.21. The number of nitrogens with zero attached hydrogens (tertiary/aromatic N) is 1. The average molecular weight is 389 g/mol. The van der Waals surface area contributed by atoms with Crippen LogP contribution in [0.5, 0.6) is 11.5 Å². The molecule has 2 N–H and O–H groups in total. The van der Waals surface area contributed by atoms with Gasteiger partial charge in [-0.2, -0.15) is 0 Å². The van der Waals surface area contributed by atoms with E-state index in [0.717, 1.165) is 31.7 Å². The fraction of sp³-hybridized carbons (Fsp3) is 0.217. The summed E-state index contributed by atoms with van der Waals surface area (Å²) in [5, 5.41) is 6.18. The molecule has 0 saturated carbocycles. The zero-order valence-corrected chi connectivity index (χ0v) is 16.0. The van der Waals surface area contributed by atoms with Gasteiger partial charge in [0.2, 0.25) is 0 Å². The lowest BCUT2D eigenvalue weighted by atomic mass is 10.2. The summed E-state index contributed by atoms with van der Waals surface area (Å²) in [5.74, 6) is 0.982. The topological polar surface area (TPSA) is 72.5 Å². The minimum atomic E-state index is -0.292.